The summed E-state index contributed by atoms with van der Waals surface area (Å²) in [5.74, 6) is -89.3. The molecule has 0 N–H and O–H groups in total. The Hall–Kier alpha value is -8.35. The van der Waals surface area contributed by atoms with E-state index in [0.717, 1.165) is 13.1 Å². The van der Waals surface area contributed by atoms with Crippen molar-refractivity contribution in [1.29, 1.82) is 0 Å². The summed E-state index contributed by atoms with van der Waals surface area (Å²) >= 11 is 0. The number of pyridine rings is 2. The molecule has 0 saturated heterocycles. The van der Waals surface area contributed by atoms with Crippen LogP contribution in [0.4, 0.5) is 132 Å². The van der Waals surface area contributed by atoms with E-state index in [1.54, 1.807) is 0 Å². The van der Waals surface area contributed by atoms with Gasteiger partial charge in [0.2, 0.25) is 0 Å². The monoisotopic (exact) mass is 1490 g/mol. The van der Waals surface area contributed by atoms with Crippen molar-refractivity contribution in [3.8, 4) is 11.1 Å². The molecule has 0 saturated carbocycles. The van der Waals surface area contributed by atoms with E-state index in [-0.39, 0.29) is 12.8 Å². The van der Waals surface area contributed by atoms with Crippen LogP contribution in [-0.4, -0.2) is 12.3 Å². The van der Waals surface area contributed by atoms with Crippen LogP contribution in [-0.2, 0) is 13.1 Å². The largest absolute Gasteiger partial charge is 0.207 e. The summed E-state index contributed by atoms with van der Waals surface area (Å²) < 4.78 is 438. The van der Waals surface area contributed by atoms with E-state index in [9.17, 15) is 79.0 Å². The van der Waals surface area contributed by atoms with Gasteiger partial charge in [-0.2, -0.15) is 12.6 Å². The van der Waals surface area contributed by atoms with Crippen molar-refractivity contribution >= 4 is 45.1 Å². The number of unbranched alkanes of at least 4 members (excludes halogenated alkanes) is 10. The summed E-state index contributed by atoms with van der Waals surface area (Å²) in [6, 6.07) is 8.99. The molecule has 0 radical (unpaired) electrons. The van der Waals surface area contributed by atoms with Crippen LogP contribution in [0.5, 0.6) is 0 Å². The van der Waals surface area contributed by atoms with Crippen molar-refractivity contribution in [3.05, 3.63) is 224 Å². The Bertz CT molecular complexity index is 3590. The van der Waals surface area contributed by atoms with Crippen molar-refractivity contribution in [1.82, 2.24) is 0 Å². The van der Waals surface area contributed by atoms with Gasteiger partial charge in [-0.25, -0.2) is 141 Å². The highest BCUT2D eigenvalue weighted by Crippen LogP contribution is 2.34. The van der Waals surface area contributed by atoms with Gasteiger partial charge in [0.05, 0.1) is 0 Å². The molecule has 0 bridgehead atoms. The number of halogens is 30. The third-order valence-electron chi connectivity index (χ3n) is 17.6. The fraction of sp³-hybridized carbons (Fsp3) is 0.324. The number of aryl methyl sites for hydroxylation is 2. The van der Waals surface area contributed by atoms with Crippen molar-refractivity contribution in [2.45, 2.75) is 143 Å². The lowest BCUT2D eigenvalue weighted by molar-refractivity contribution is -0.697. The number of hydrogen-bond acceptors (Lipinski definition) is 0. The van der Waals surface area contributed by atoms with Gasteiger partial charge >= 0.3 is 0 Å². The Labute approximate surface area is 562 Å². The first-order valence-electron chi connectivity index (χ1n) is 31.4. The predicted molar refractivity (Wildman–Crippen MR) is 316 cm³/mol. The van der Waals surface area contributed by atoms with Crippen LogP contribution in [0, 0.1) is 175 Å². The second kappa shape index (κ2) is 34.8. The minimum atomic E-state index is -5.41. The Balaban J connectivity index is 0.000000245. The lowest BCUT2D eigenvalue weighted by Gasteiger charge is -2.44. The Kier molecular flexibility index (Phi) is 28.1. The average molecular weight is 1490 g/mol. The maximum Gasteiger partial charge on any atom is 0.200 e. The lowest BCUT2D eigenvalue weighted by Crippen LogP contribution is -2.73. The number of rotatable bonds is 25. The summed E-state index contributed by atoms with van der Waals surface area (Å²) in [5.41, 5.74) is -12.8. The van der Waals surface area contributed by atoms with E-state index in [1.807, 2.05) is 0 Å². The molecule has 102 heavy (non-hydrogen) atoms. The summed E-state index contributed by atoms with van der Waals surface area (Å²) in [6.07, 6.45) is 6.01. The van der Waals surface area contributed by atoms with Gasteiger partial charge in [0.1, 0.15) is 95.2 Å². The van der Waals surface area contributed by atoms with E-state index in [4.69, 9.17) is 0 Å². The van der Waals surface area contributed by atoms with E-state index >= 15 is 52.7 Å². The molecule has 0 amide bonds. The second-order valence-electron chi connectivity index (χ2n) is 23.8. The number of aromatic nitrogens is 2. The van der Waals surface area contributed by atoms with E-state index in [0.29, 0.717) is 0 Å². The van der Waals surface area contributed by atoms with E-state index in [1.165, 1.54) is 89.2 Å². The molecule has 0 fully saturated rings. The maximum atomic E-state index is 15.1. The summed E-state index contributed by atoms with van der Waals surface area (Å²) in [7, 11) is 0. The maximum absolute atomic E-state index is 15.1. The van der Waals surface area contributed by atoms with Crippen LogP contribution in [0.2, 0.25) is 12.6 Å². The zero-order valence-corrected chi connectivity index (χ0v) is 53.7. The molecular formula is C68H56B2F30N2. The summed E-state index contributed by atoms with van der Waals surface area (Å²) in [4.78, 5) is 0. The average Bonchev–Trinajstić information content (AvgIpc) is 0.706. The highest BCUT2D eigenvalue weighted by atomic mass is 19.2. The van der Waals surface area contributed by atoms with Crippen molar-refractivity contribution < 1.29 is 141 Å². The predicted octanol–water partition coefficient (Wildman–Crippen LogP) is 18.0. The second-order valence-corrected chi connectivity index (χ2v) is 23.8. The van der Waals surface area contributed by atoms with Crippen LogP contribution in [0.15, 0.2) is 49.1 Å². The molecule has 8 rings (SSSR count). The van der Waals surface area contributed by atoms with Gasteiger partial charge in [-0.3, -0.25) is 0 Å². The first-order valence-corrected chi connectivity index (χ1v) is 31.4. The molecule has 0 atom stereocenters. The highest BCUT2D eigenvalue weighted by molar-refractivity contribution is 7.12. The van der Waals surface area contributed by atoms with Crippen LogP contribution in [0.1, 0.15) is 118 Å². The summed E-state index contributed by atoms with van der Waals surface area (Å²) in [5, 5.41) is 0. The van der Waals surface area contributed by atoms with Gasteiger partial charge in [-0.15, -0.1) is 32.8 Å². The zero-order valence-electron chi connectivity index (χ0n) is 53.7. The van der Waals surface area contributed by atoms with Crippen LogP contribution in [0.25, 0.3) is 11.1 Å². The minimum Gasteiger partial charge on any atom is -0.207 e. The van der Waals surface area contributed by atoms with Gasteiger partial charge in [-0.05, 0) is 24.0 Å². The van der Waals surface area contributed by atoms with E-state index in [2.05, 4.69) is 72.0 Å². The van der Waals surface area contributed by atoms with Crippen molar-refractivity contribution in [2.24, 2.45) is 0 Å². The van der Waals surface area contributed by atoms with Gasteiger partial charge in [0.25, 0.3) is 0 Å². The molecule has 2 heterocycles. The van der Waals surface area contributed by atoms with Gasteiger partial charge in [-0.1, -0.05) is 91.9 Å². The standard InChI is InChI=1S/C24H38N2.2C22H9BF15/c1-3-5-7-9-11-17-25-19-13-23(14-20-25)24-15-21-26(22-16-24)18-12-10-8-6-4-2;2*1-2-3-4-23(5-8(24)14(30)20(36)15(31)9(5)25,6-10(26)16(32)21(37)17(33)11(6)27)7-12(28)18(34)22(38)19(35)13(7)29/h13-16,19-22H,3-12,17-18H2,1-2H3;2*2-4H2,1H3/q+2;2*-1. The minimum absolute atomic E-state index is 0.316. The molecule has 0 aliphatic heterocycles. The molecule has 0 aliphatic rings. The van der Waals surface area contributed by atoms with Gasteiger partial charge in [0.15, 0.2) is 129 Å². The smallest absolute Gasteiger partial charge is 0.200 e. The molecule has 0 aliphatic carbocycles. The third-order valence-corrected chi connectivity index (χ3v) is 17.6. The molecule has 2 nitrogen and oxygen atoms in total. The molecule has 6 aromatic carbocycles. The fourth-order valence-corrected chi connectivity index (χ4v) is 12.5. The van der Waals surface area contributed by atoms with Gasteiger partial charge < -0.3 is 0 Å². The SMILES string of the molecule is CCCCCCC[n+]1ccc(-c2cc[n+](CCCCCCC)cc2)cc1.CCCC[B-](c1c(F)c(F)c(F)c(F)c1F)(c1c(F)c(F)c(F)c(F)c1F)c1c(F)c(F)c(F)c(F)c1F.CCCC[B-](c1c(F)c(F)c(F)c(F)c1F)(c1c(F)c(F)c(F)c(F)c1F)c1c(F)c(F)c(F)c(F)c1F. The first kappa shape index (κ1) is 82.6. The Morgan fingerprint density at radius 1 is 0.196 bits per heavy atom. The van der Waals surface area contributed by atoms with Crippen LogP contribution < -0.4 is 41.9 Å². The van der Waals surface area contributed by atoms with Crippen LogP contribution >= 0.6 is 0 Å². The normalized spacial score (nSPS) is 11.7. The molecular weight excluding hydrogens is 1440 g/mol. The number of hydrogen-bond donors (Lipinski definition) is 0. The first-order chi connectivity index (χ1) is 48.0. The molecule has 0 spiro atoms. The lowest BCUT2D eigenvalue weighted by atomic mass is 9.13. The highest BCUT2D eigenvalue weighted by Gasteiger charge is 2.50. The quantitative estimate of drug-likeness (QED) is 0.0135. The van der Waals surface area contributed by atoms with Crippen molar-refractivity contribution in [2.75, 3.05) is 0 Å². The topological polar surface area (TPSA) is 7.76 Å². The molecule has 0 unspecified atom stereocenters. The van der Waals surface area contributed by atoms with Gasteiger partial charge in [0, 0.05) is 37.1 Å². The third kappa shape index (κ3) is 15.6. The Morgan fingerprint density at radius 3 is 0.500 bits per heavy atom. The van der Waals surface area contributed by atoms with E-state index < -0.39 is 245 Å². The van der Waals surface area contributed by atoms with Crippen molar-refractivity contribution in [3.63, 3.8) is 0 Å². The number of nitrogens with zero attached hydrogens (tertiary/aromatic N) is 2. The zero-order chi connectivity index (χ0) is 76.5. The molecule has 2 aromatic heterocycles. The van der Waals surface area contributed by atoms with Crippen LogP contribution in [0.3, 0.4) is 0 Å². The summed E-state index contributed by atoms with van der Waals surface area (Å²) in [6.45, 7) is 9.17. The molecule has 554 valence electrons. The number of benzene rings is 6. The molecule has 8 aromatic rings. The molecule has 34 heteroatoms. The fourth-order valence-electron chi connectivity index (χ4n) is 12.5. The Morgan fingerprint density at radius 2 is 0.343 bits per heavy atom.